The van der Waals surface area contributed by atoms with Crippen LogP contribution in [-0.4, -0.2) is 9.97 Å². The minimum atomic E-state index is 0.305. The topological polar surface area (TPSA) is 77.8 Å². The average molecular weight is 238 g/mol. The number of anilines is 1. The lowest BCUT2D eigenvalue weighted by molar-refractivity contribution is 1.03. The highest BCUT2D eigenvalue weighted by atomic mass is 15.0. The Hall–Kier alpha value is -2.36. The molecule has 0 unspecified atom stereocenters. The van der Waals surface area contributed by atoms with Gasteiger partial charge in [0.25, 0.3) is 0 Å². The normalized spacial score (nSPS) is 15.3. The predicted molar refractivity (Wildman–Crippen MR) is 73.4 cm³/mol. The molecule has 0 fully saturated rings. The molecule has 1 aromatic carbocycles. The fourth-order valence-corrected chi connectivity index (χ4v) is 2.20. The summed E-state index contributed by atoms with van der Waals surface area (Å²) in [6.07, 6.45) is 7.84. The van der Waals surface area contributed by atoms with Gasteiger partial charge in [-0.05, 0) is 42.2 Å². The molecule has 4 heteroatoms. The van der Waals surface area contributed by atoms with Crippen LogP contribution in [0.4, 0.5) is 5.95 Å². The van der Waals surface area contributed by atoms with Gasteiger partial charge in [0.2, 0.25) is 5.95 Å². The van der Waals surface area contributed by atoms with Crippen molar-refractivity contribution in [3.8, 4) is 0 Å². The first-order chi connectivity index (χ1) is 8.72. The minimum Gasteiger partial charge on any atom is -0.399 e. The van der Waals surface area contributed by atoms with Crippen LogP contribution in [-0.2, 0) is 0 Å². The quantitative estimate of drug-likeness (QED) is 0.798. The van der Waals surface area contributed by atoms with Crippen LogP contribution < -0.4 is 11.5 Å². The standard InChI is InChI=1S/C14H14N4/c15-12-3-1-2-9(7-12)10-4-5-13-11(6-10)8-17-14(16)18-13/h3-8H,1-2,15H2,(H2,16,17,18). The maximum Gasteiger partial charge on any atom is 0.220 e. The number of benzene rings is 1. The lowest BCUT2D eigenvalue weighted by atomic mass is 9.95. The predicted octanol–water partition coefficient (Wildman–Crippen LogP) is 2.23. The molecule has 0 radical (unpaired) electrons. The number of aromatic nitrogens is 2. The van der Waals surface area contributed by atoms with E-state index in [1.165, 1.54) is 11.1 Å². The van der Waals surface area contributed by atoms with Crippen molar-refractivity contribution in [2.24, 2.45) is 5.73 Å². The second-order valence-electron chi connectivity index (χ2n) is 4.41. The van der Waals surface area contributed by atoms with Gasteiger partial charge in [-0.25, -0.2) is 9.97 Å². The molecule has 1 aliphatic carbocycles. The van der Waals surface area contributed by atoms with Gasteiger partial charge in [-0.1, -0.05) is 12.1 Å². The number of allylic oxidation sites excluding steroid dienone is 3. The SMILES string of the molecule is NC1=CCCC(c2ccc3nc(N)ncc3c2)=C1. The van der Waals surface area contributed by atoms with Crippen LogP contribution in [0.5, 0.6) is 0 Å². The van der Waals surface area contributed by atoms with Gasteiger partial charge in [-0.3, -0.25) is 0 Å². The Morgan fingerprint density at radius 1 is 1.17 bits per heavy atom. The number of fused-ring (bicyclic) bond motifs is 1. The Morgan fingerprint density at radius 2 is 2.06 bits per heavy atom. The first-order valence-corrected chi connectivity index (χ1v) is 5.91. The highest BCUT2D eigenvalue weighted by Gasteiger charge is 2.07. The maximum atomic E-state index is 5.84. The molecular weight excluding hydrogens is 224 g/mol. The van der Waals surface area contributed by atoms with Crippen molar-refractivity contribution in [3.05, 3.63) is 47.8 Å². The van der Waals surface area contributed by atoms with Gasteiger partial charge in [0.1, 0.15) is 0 Å². The largest absolute Gasteiger partial charge is 0.399 e. The van der Waals surface area contributed by atoms with Crippen LogP contribution in [0.1, 0.15) is 18.4 Å². The molecule has 0 bridgehead atoms. The van der Waals surface area contributed by atoms with Crippen molar-refractivity contribution >= 4 is 22.4 Å². The molecule has 0 amide bonds. The number of nitrogens with zero attached hydrogens (tertiary/aromatic N) is 2. The summed E-state index contributed by atoms with van der Waals surface area (Å²) in [6.45, 7) is 0. The maximum absolute atomic E-state index is 5.84. The first kappa shape index (κ1) is 10.8. The van der Waals surface area contributed by atoms with E-state index in [1.807, 2.05) is 18.2 Å². The zero-order chi connectivity index (χ0) is 12.5. The van der Waals surface area contributed by atoms with Crippen LogP contribution in [0, 0.1) is 0 Å². The second-order valence-corrected chi connectivity index (χ2v) is 4.41. The molecule has 0 saturated carbocycles. The molecule has 0 atom stereocenters. The number of nitrogen functional groups attached to an aromatic ring is 1. The van der Waals surface area contributed by atoms with Crippen LogP contribution in [0.3, 0.4) is 0 Å². The average Bonchev–Trinajstić information content (AvgIpc) is 2.38. The summed E-state index contributed by atoms with van der Waals surface area (Å²) >= 11 is 0. The van der Waals surface area contributed by atoms with Crippen LogP contribution in [0.15, 0.2) is 42.2 Å². The van der Waals surface area contributed by atoms with Gasteiger partial charge in [0.05, 0.1) is 5.52 Å². The number of hydrogen-bond acceptors (Lipinski definition) is 4. The van der Waals surface area contributed by atoms with Crippen molar-refractivity contribution in [2.75, 3.05) is 5.73 Å². The van der Waals surface area contributed by atoms with E-state index in [1.54, 1.807) is 6.20 Å². The van der Waals surface area contributed by atoms with Crippen molar-refractivity contribution in [3.63, 3.8) is 0 Å². The third-order valence-corrected chi connectivity index (χ3v) is 3.10. The fraction of sp³-hybridized carbons (Fsp3) is 0.143. The summed E-state index contributed by atoms with van der Waals surface area (Å²) < 4.78 is 0. The van der Waals surface area contributed by atoms with Crippen LogP contribution in [0.25, 0.3) is 16.5 Å². The monoisotopic (exact) mass is 238 g/mol. The summed E-state index contributed by atoms with van der Waals surface area (Å²) in [4.78, 5) is 8.21. The van der Waals surface area contributed by atoms with E-state index < -0.39 is 0 Å². The summed E-state index contributed by atoms with van der Waals surface area (Å²) in [6, 6.07) is 6.11. The van der Waals surface area contributed by atoms with Crippen molar-refractivity contribution < 1.29 is 0 Å². The lowest BCUT2D eigenvalue weighted by Crippen LogP contribution is -2.00. The zero-order valence-corrected chi connectivity index (χ0v) is 9.93. The summed E-state index contributed by atoms with van der Waals surface area (Å²) in [5, 5.41) is 0.996. The Morgan fingerprint density at radius 3 is 2.89 bits per heavy atom. The lowest BCUT2D eigenvalue weighted by Gasteiger charge is -2.12. The van der Waals surface area contributed by atoms with Crippen LogP contribution in [0.2, 0.25) is 0 Å². The van der Waals surface area contributed by atoms with E-state index >= 15 is 0 Å². The highest BCUT2D eigenvalue weighted by Crippen LogP contribution is 2.27. The van der Waals surface area contributed by atoms with E-state index in [2.05, 4.69) is 22.1 Å². The Kier molecular flexibility index (Phi) is 2.48. The molecule has 1 heterocycles. The molecule has 4 nitrogen and oxygen atoms in total. The van der Waals surface area contributed by atoms with E-state index in [0.717, 1.165) is 29.4 Å². The zero-order valence-electron chi connectivity index (χ0n) is 9.93. The molecule has 0 spiro atoms. The van der Waals surface area contributed by atoms with Crippen molar-refractivity contribution in [1.29, 1.82) is 0 Å². The van der Waals surface area contributed by atoms with E-state index in [0.29, 0.717) is 5.95 Å². The summed E-state index contributed by atoms with van der Waals surface area (Å²) in [5.74, 6) is 0.305. The highest BCUT2D eigenvalue weighted by molar-refractivity contribution is 5.84. The van der Waals surface area contributed by atoms with Crippen molar-refractivity contribution in [1.82, 2.24) is 9.97 Å². The molecule has 18 heavy (non-hydrogen) atoms. The molecular formula is C14H14N4. The Balaban J connectivity index is 2.09. The van der Waals surface area contributed by atoms with E-state index in [9.17, 15) is 0 Å². The van der Waals surface area contributed by atoms with Gasteiger partial charge >= 0.3 is 0 Å². The fourth-order valence-electron chi connectivity index (χ4n) is 2.20. The first-order valence-electron chi connectivity index (χ1n) is 5.91. The summed E-state index contributed by atoms with van der Waals surface area (Å²) in [7, 11) is 0. The van der Waals surface area contributed by atoms with Gasteiger partial charge in [0.15, 0.2) is 0 Å². The minimum absolute atomic E-state index is 0.305. The third kappa shape index (κ3) is 1.93. The molecule has 3 rings (SSSR count). The Bertz CT molecular complexity index is 671. The molecule has 2 aromatic rings. The smallest absolute Gasteiger partial charge is 0.220 e. The van der Waals surface area contributed by atoms with E-state index in [-0.39, 0.29) is 0 Å². The summed E-state index contributed by atoms with van der Waals surface area (Å²) in [5.41, 5.74) is 15.5. The van der Waals surface area contributed by atoms with Gasteiger partial charge in [-0.15, -0.1) is 0 Å². The molecule has 0 aliphatic heterocycles. The number of rotatable bonds is 1. The number of nitrogens with two attached hydrogens (primary N) is 2. The molecule has 1 aromatic heterocycles. The van der Waals surface area contributed by atoms with Gasteiger partial charge in [-0.2, -0.15) is 0 Å². The Labute approximate surface area is 105 Å². The van der Waals surface area contributed by atoms with Gasteiger partial charge < -0.3 is 11.5 Å². The number of hydrogen-bond donors (Lipinski definition) is 2. The third-order valence-electron chi connectivity index (χ3n) is 3.10. The van der Waals surface area contributed by atoms with Crippen LogP contribution >= 0.6 is 0 Å². The molecule has 0 saturated heterocycles. The van der Waals surface area contributed by atoms with Gasteiger partial charge in [0, 0.05) is 17.3 Å². The second kappa shape index (κ2) is 4.14. The van der Waals surface area contributed by atoms with Crippen molar-refractivity contribution in [2.45, 2.75) is 12.8 Å². The van der Waals surface area contributed by atoms with E-state index in [4.69, 9.17) is 11.5 Å². The molecule has 1 aliphatic rings. The molecule has 90 valence electrons. The molecule has 4 N–H and O–H groups in total.